The Kier molecular flexibility index (Phi) is 9.39. The molecule has 0 spiro atoms. The van der Waals surface area contributed by atoms with Gasteiger partial charge in [-0.1, -0.05) is 18.2 Å². The monoisotopic (exact) mass is 747 g/mol. The van der Waals surface area contributed by atoms with Crippen molar-refractivity contribution in [3.05, 3.63) is 80.9 Å². The van der Waals surface area contributed by atoms with E-state index in [4.69, 9.17) is 14.2 Å². The van der Waals surface area contributed by atoms with E-state index >= 15 is 0 Å². The Morgan fingerprint density at radius 3 is 2.56 bits per heavy atom. The molecule has 284 valence electrons. The maximum Gasteiger partial charge on any atom is 0.416 e. The lowest BCUT2D eigenvalue weighted by molar-refractivity contribution is -0.137. The number of nitrogens with one attached hydrogen (secondary N) is 2. The number of phenols is 2. The Morgan fingerprint density at radius 1 is 1.11 bits per heavy atom. The van der Waals surface area contributed by atoms with Crippen molar-refractivity contribution in [1.29, 1.82) is 5.26 Å². The van der Waals surface area contributed by atoms with Crippen LogP contribution >= 0.6 is 0 Å². The predicted octanol–water partition coefficient (Wildman–Crippen LogP) is 4.58. The van der Waals surface area contributed by atoms with E-state index in [2.05, 4.69) is 21.6 Å². The lowest BCUT2D eigenvalue weighted by atomic mass is 9.71. The van der Waals surface area contributed by atoms with Gasteiger partial charge in [-0.3, -0.25) is 19.4 Å². The van der Waals surface area contributed by atoms with Crippen molar-refractivity contribution in [2.75, 3.05) is 27.5 Å². The number of likely N-dealkylation sites (N-methyl/N-ethyl adjacent to an activating group) is 1. The summed E-state index contributed by atoms with van der Waals surface area (Å²) >= 11 is 0. The number of alkyl halides is 3. The molecule has 7 rings (SSSR count). The molecule has 2 unspecified atom stereocenters. The van der Waals surface area contributed by atoms with Crippen LogP contribution in [0, 0.1) is 25.2 Å². The number of halogens is 3. The fourth-order valence-corrected chi connectivity index (χ4v) is 8.71. The molecule has 0 aliphatic carbocycles. The van der Waals surface area contributed by atoms with Crippen LogP contribution in [0.1, 0.15) is 63.5 Å². The number of amides is 2. The zero-order valence-corrected chi connectivity index (χ0v) is 30.2. The molecule has 3 aromatic rings. The zero-order valence-electron chi connectivity index (χ0n) is 30.2. The number of hydrogen-bond acceptors (Lipinski definition) is 10. The molecule has 4 heterocycles. The van der Waals surface area contributed by atoms with Gasteiger partial charge in [0.1, 0.15) is 17.8 Å². The standard InChI is InChI=1S/C39H40F3N5O7/c1-18-11-22-13-25-27(15-43)47-26(32(46(25)4)30(22)34(50)35(18)52-5)14-24-31(37-36(53-17-54-37)19(2)33(24)49)28(47)16-44-38(51)20(3)45-29(48)10-9-21-7-6-8-23(12-21)39(40,41)42/h6-12,20,25-28,32,49-50H,13-14,16-17H2,1-5H3,(H,44,51)(H,45,48)/b10-9+/t20-,25?,26?,27+,28+,32-/m1/s1. The van der Waals surface area contributed by atoms with Crippen molar-refractivity contribution in [3.63, 3.8) is 0 Å². The van der Waals surface area contributed by atoms with E-state index in [0.29, 0.717) is 45.9 Å². The Labute approximate surface area is 309 Å². The van der Waals surface area contributed by atoms with Crippen molar-refractivity contribution >= 4 is 17.9 Å². The van der Waals surface area contributed by atoms with Gasteiger partial charge in [0.2, 0.25) is 18.6 Å². The molecular formula is C39H40F3N5O7. The third-order valence-electron chi connectivity index (χ3n) is 11.2. The molecule has 2 bridgehead atoms. The van der Waals surface area contributed by atoms with E-state index in [1.54, 1.807) is 6.92 Å². The lowest BCUT2D eigenvalue weighted by Gasteiger charge is -2.60. The Balaban J connectivity index is 1.21. The molecule has 0 saturated carbocycles. The normalized spacial score (nSPS) is 23.5. The van der Waals surface area contributed by atoms with E-state index in [0.717, 1.165) is 29.3 Å². The molecule has 6 atom stereocenters. The van der Waals surface area contributed by atoms with Gasteiger partial charge in [0.25, 0.3) is 0 Å². The quantitative estimate of drug-likeness (QED) is 0.253. The number of phenolic OH excluding ortho intramolecular Hbond substituents is 2. The zero-order chi connectivity index (χ0) is 38.8. The van der Waals surface area contributed by atoms with Crippen LogP contribution in [0.15, 0.2) is 36.4 Å². The van der Waals surface area contributed by atoms with Crippen LogP contribution in [0.5, 0.6) is 28.7 Å². The highest BCUT2D eigenvalue weighted by molar-refractivity contribution is 5.95. The number of carbonyl (C=O) groups is 2. The minimum absolute atomic E-state index is 0.0124. The Morgan fingerprint density at radius 2 is 1.85 bits per heavy atom. The van der Waals surface area contributed by atoms with E-state index in [-0.39, 0.29) is 42.9 Å². The van der Waals surface area contributed by atoms with Crippen LogP contribution in [-0.2, 0) is 28.6 Å². The molecule has 0 aromatic heterocycles. The SMILES string of the molecule is COc1c(C)cc2c(c1O)[C@H]1C3Cc4c(O)c(C)c5c(c4[C@H](CNC(=O)[C@@H](C)NC(=O)/C=C/c4cccc(C(F)(F)F)c4)N3[C@@H](C#N)C(C2)N1C)OCO5. The second-order valence-corrected chi connectivity index (χ2v) is 14.2. The van der Waals surface area contributed by atoms with Crippen molar-refractivity contribution in [2.24, 2.45) is 0 Å². The summed E-state index contributed by atoms with van der Waals surface area (Å²) in [6.07, 6.45) is -1.52. The lowest BCUT2D eigenvalue weighted by Crippen LogP contribution is -2.68. The molecular weight excluding hydrogens is 707 g/mol. The number of carbonyl (C=O) groups excluding carboxylic acids is 2. The van der Waals surface area contributed by atoms with E-state index in [1.165, 1.54) is 32.2 Å². The summed E-state index contributed by atoms with van der Waals surface area (Å²) in [7, 11) is 3.42. The molecule has 4 aliphatic rings. The van der Waals surface area contributed by atoms with E-state index in [9.17, 15) is 38.2 Å². The van der Waals surface area contributed by atoms with Crippen LogP contribution in [0.3, 0.4) is 0 Å². The van der Waals surface area contributed by atoms with Crippen LogP contribution in [-0.4, -0.2) is 83.5 Å². The van der Waals surface area contributed by atoms with Gasteiger partial charge in [-0.05, 0) is 75.6 Å². The topological polar surface area (TPSA) is 157 Å². The fourth-order valence-electron chi connectivity index (χ4n) is 8.71. The van der Waals surface area contributed by atoms with Gasteiger partial charge in [0.15, 0.2) is 23.0 Å². The van der Waals surface area contributed by atoms with Crippen molar-refractivity contribution in [2.45, 2.75) is 76.0 Å². The average Bonchev–Trinajstić information content (AvgIpc) is 3.62. The van der Waals surface area contributed by atoms with Crippen LogP contribution in [0.2, 0.25) is 0 Å². The molecule has 4 aliphatic heterocycles. The molecule has 0 radical (unpaired) electrons. The summed E-state index contributed by atoms with van der Waals surface area (Å²) in [5.41, 5.74) is 3.32. The number of rotatable bonds is 7. The maximum atomic E-state index is 13.6. The first-order chi connectivity index (χ1) is 25.7. The van der Waals surface area contributed by atoms with Gasteiger partial charge in [-0.2, -0.15) is 18.4 Å². The predicted molar refractivity (Wildman–Crippen MR) is 189 cm³/mol. The van der Waals surface area contributed by atoms with Crippen molar-refractivity contribution in [1.82, 2.24) is 20.4 Å². The molecule has 4 N–H and O–H groups in total. The number of aromatic hydroxyl groups is 2. The summed E-state index contributed by atoms with van der Waals surface area (Å²) in [5.74, 6) is -0.0684. The summed E-state index contributed by atoms with van der Waals surface area (Å²) in [5, 5.41) is 39.6. The minimum atomic E-state index is -4.54. The third-order valence-corrected chi connectivity index (χ3v) is 11.2. The maximum absolute atomic E-state index is 13.6. The highest BCUT2D eigenvalue weighted by Crippen LogP contribution is 2.58. The molecule has 1 fully saturated rings. The van der Waals surface area contributed by atoms with Gasteiger partial charge in [0.05, 0.1) is 30.8 Å². The number of nitriles is 1. The summed E-state index contributed by atoms with van der Waals surface area (Å²) in [4.78, 5) is 30.5. The van der Waals surface area contributed by atoms with Gasteiger partial charge < -0.3 is 35.1 Å². The second-order valence-electron chi connectivity index (χ2n) is 14.2. The summed E-state index contributed by atoms with van der Waals surface area (Å²) < 4.78 is 56.8. The average molecular weight is 748 g/mol. The molecule has 3 aromatic carbocycles. The first-order valence-electron chi connectivity index (χ1n) is 17.5. The van der Waals surface area contributed by atoms with E-state index < -0.39 is 53.8 Å². The van der Waals surface area contributed by atoms with Crippen LogP contribution in [0.4, 0.5) is 13.2 Å². The first-order valence-corrected chi connectivity index (χ1v) is 17.5. The van der Waals surface area contributed by atoms with Gasteiger partial charge in [0, 0.05) is 47.0 Å². The third kappa shape index (κ3) is 6.03. The number of aryl methyl sites for hydroxylation is 1. The summed E-state index contributed by atoms with van der Waals surface area (Å²) in [6, 6.07) is 5.35. The molecule has 2 amide bonds. The number of hydrogen-bond donors (Lipinski definition) is 4. The Hall–Kier alpha value is -5.46. The molecule has 15 heteroatoms. The largest absolute Gasteiger partial charge is 0.507 e. The molecule has 12 nitrogen and oxygen atoms in total. The number of piperazine rings is 1. The van der Waals surface area contributed by atoms with Crippen molar-refractivity contribution < 1.29 is 47.2 Å². The van der Waals surface area contributed by atoms with Gasteiger partial charge >= 0.3 is 6.18 Å². The smallest absolute Gasteiger partial charge is 0.416 e. The highest BCUT2D eigenvalue weighted by Gasteiger charge is 2.56. The van der Waals surface area contributed by atoms with Crippen LogP contribution < -0.4 is 24.8 Å². The number of ether oxygens (including phenoxy) is 3. The van der Waals surface area contributed by atoms with Crippen LogP contribution in [0.25, 0.3) is 6.08 Å². The number of methoxy groups -OCH3 is 1. The minimum Gasteiger partial charge on any atom is -0.507 e. The second kappa shape index (κ2) is 13.7. The highest BCUT2D eigenvalue weighted by atomic mass is 19.4. The first kappa shape index (κ1) is 36.9. The molecule has 1 saturated heterocycles. The van der Waals surface area contributed by atoms with Gasteiger partial charge in [-0.15, -0.1) is 0 Å². The Bertz CT molecular complexity index is 2120. The van der Waals surface area contributed by atoms with Gasteiger partial charge in [-0.25, -0.2) is 0 Å². The van der Waals surface area contributed by atoms with Crippen molar-refractivity contribution in [3.8, 4) is 34.8 Å². The van der Waals surface area contributed by atoms with E-state index in [1.807, 2.05) is 24.9 Å². The number of benzene rings is 3. The number of nitrogens with zero attached hydrogens (tertiary/aromatic N) is 3. The summed E-state index contributed by atoms with van der Waals surface area (Å²) in [6.45, 7) is 4.92. The fraction of sp³-hybridized carbons (Fsp3) is 0.410. The number of fused-ring (bicyclic) bond motifs is 9. The molecule has 54 heavy (non-hydrogen) atoms.